The third-order valence-electron chi connectivity index (χ3n) is 2.51. The van der Waals surface area contributed by atoms with Crippen LogP contribution in [0.15, 0.2) is 53.6 Å². The highest BCUT2D eigenvalue weighted by Gasteiger charge is 2.01. The van der Waals surface area contributed by atoms with Crippen LogP contribution in [0.25, 0.3) is 0 Å². The van der Waals surface area contributed by atoms with Crippen molar-refractivity contribution in [1.29, 1.82) is 0 Å². The highest BCUT2D eigenvalue weighted by molar-refractivity contribution is 14.1. The summed E-state index contributed by atoms with van der Waals surface area (Å²) < 4.78 is 6.40. The second-order valence-corrected chi connectivity index (χ2v) is 5.34. The normalized spacial score (nSPS) is 10.5. The van der Waals surface area contributed by atoms with E-state index in [9.17, 15) is 9.90 Å². The predicted octanol–water partition coefficient (Wildman–Crippen LogP) is 2.53. The molecule has 0 radical (unpaired) electrons. The lowest BCUT2D eigenvalue weighted by Crippen LogP contribution is -2.24. The Hall–Kier alpha value is -2.09. The van der Waals surface area contributed by atoms with Gasteiger partial charge in [-0.05, 0) is 59.0 Å². The van der Waals surface area contributed by atoms with Gasteiger partial charge in [0.15, 0.2) is 6.61 Å². The Morgan fingerprint density at radius 1 is 1.24 bits per heavy atom. The molecule has 0 atom stereocenters. The number of rotatable bonds is 5. The summed E-state index contributed by atoms with van der Waals surface area (Å²) in [6, 6.07) is 14.1. The smallest absolute Gasteiger partial charge is 0.277 e. The fourth-order valence-corrected chi connectivity index (χ4v) is 1.84. The van der Waals surface area contributed by atoms with Crippen molar-refractivity contribution in [3.8, 4) is 11.5 Å². The topological polar surface area (TPSA) is 70.9 Å². The molecule has 0 aliphatic carbocycles. The summed E-state index contributed by atoms with van der Waals surface area (Å²) in [5.74, 6) is 0.348. The standard InChI is InChI=1S/C15H13IN2O3/c16-12-5-7-13(8-6-12)21-10-15(20)18-17-9-11-3-1-2-4-14(11)19/h1-9,19H,10H2,(H,18,20). The molecule has 0 spiro atoms. The van der Waals surface area contributed by atoms with E-state index in [1.54, 1.807) is 36.4 Å². The summed E-state index contributed by atoms with van der Waals surface area (Å²) in [5, 5.41) is 13.3. The van der Waals surface area contributed by atoms with Crippen molar-refractivity contribution >= 4 is 34.7 Å². The monoisotopic (exact) mass is 396 g/mol. The summed E-state index contributed by atoms with van der Waals surface area (Å²) >= 11 is 2.19. The zero-order valence-corrected chi connectivity index (χ0v) is 13.1. The van der Waals surface area contributed by atoms with E-state index in [0.717, 1.165) is 3.57 Å². The number of ether oxygens (including phenoxy) is 1. The number of phenols is 1. The van der Waals surface area contributed by atoms with Crippen molar-refractivity contribution in [3.05, 3.63) is 57.7 Å². The fourth-order valence-electron chi connectivity index (χ4n) is 1.48. The molecule has 0 unspecified atom stereocenters. The molecule has 2 aromatic carbocycles. The maximum atomic E-state index is 11.5. The van der Waals surface area contributed by atoms with Crippen LogP contribution >= 0.6 is 22.6 Å². The number of benzene rings is 2. The van der Waals surface area contributed by atoms with Gasteiger partial charge in [0.1, 0.15) is 11.5 Å². The van der Waals surface area contributed by atoms with Crippen LogP contribution < -0.4 is 10.2 Å². The number of carbonyl (C=O) groups excluding carboxylic acids is 1. The van der Waals surface area contributed by atoms with Gasteiger partial charge in [-0.3, -0.25) is 4.79 Å². The Bertz CT molecular complexity index is 642. The van der Waals surface area contributed by atoms with Crippen LogP contribution in [0, 0.1) is 3.57 Å². The van der Waals surface area contributed by atoms with E-state index < -0.39 is 0 Å². The van der Waals surface area contributed by atoms with Crippen molar-refractivity contribution in [3.63, 3.8) is 0 Å². The largest absolute Gasteiger partial charge is 0.507 e. The Labute approximate surface area is 135 Å². The molecular weight excluding hydrogens is 383 g/mol. The highest BCUT2D eigenvalue weighted by atomic mass is 127. The number of amides is 1. The molecule has 0 heterocycles. The number of halogens is 1. The van der Waals surface area contributed by atoms with Crippen LogP contribution in [0.3, 0.4) is 0 Å². The van der Waals surface area contributed by atoms with Crippen molar-refractivity contribution < 1.29 is 14.6 Å². The van der Waals surface area contributed by atoms with Crippen LogP contribution in [0.1, 0.15) is 5.56 Å². The molecule has 2 rings (SSSR count). The molecule has 2 N–H and O–H groups in total. The van der Waals surface area contributed by atoms with E-state index in [1.165, 1.54) is 6.21 Å². The first-order chi connectivity index (χ1) is 10.1. The number of nitrogens with one attached hydrogen (secondary N) is 1. The van der Waals surface area contributed by atoms with Crippen LogP contribution in [-0.4, -0.2) is 23.8 Å². The predicted molar refractivity (Wildman–Crippen MR) is 88.5 cm³/mol. The van der Waals surface area contributed by atoms with Gasteiger partial charge in [-0.2, -0.15) is 5.10 Å². The number of hydrogen-bond donors (Lipinski definition) is 2. The lowest BCUT2D eigenvalue weighted by atomic mass is 10.2. The number of para-hydroxylation sites is 1. The van der Waals surface area contributed by atoms with Gasteiger partial charge in [-0.25, -0.2) is 5.43 Å². The Morgan fingerprint density at radius 2 is 1.95 bits per heavy atom. The number of aromatic hydroxyl groups is 1. The van der Waals surface area contributed by atoms with E-state index >= 15 is 0 Å². The minimum atomic E-state index is -0.375. The molecule has 1 amide bonds. The highest BCUT2D eigenvalue weighted by Crippen LogP contribution is 2.13. The van der Waals surface area contributed by atoms with Gasteiger partial charge >= 0.3 is 0 Å². The van der Waals surface area contributed by atoms with Gasteiger partial charge in [0.2, 0.25) is 0 Å². The Kier molecular flexibility index (Phi) is 5.56. The van der Waals surface area contributed by atoms with Crippen molar-refractivity contribution in [2.45, 2.75) is 0 Å². The van der Waals surface area contributed by atoms with Gasteiger partial charge in [0.25, 0.3) is 5.91 Å². The molecule has 2 aromatic rings. The molecule has 6 heteroatoms. The first kappa shape index (κ1) is 15.3. The van der Waals surface area contributed by atoms with Gasteiger partial charge in [-0.1, -0.05) is 12.1 Å². The molecule has 0 aliphatic heterocycles. The average Bonchev–Trinajstić information content (AvgIpc) is 2.49. The summed E-state index contributed by atoms with van der Waals surface area (Å²) in [6.45, 7) is -0.126. The first-order valence-corrected chi connectivity index (χ1v) is 7.21. The molecule has 0 bridgehead atoms. The van der Waals surface area contributed by atoms with E-state index in [-0.39, 0.29) is 18.3 Å². The molecule has 0 fully saturated rings. The van der Waals surface area contributed by atoms with E-state index in [2.05, 4.69) is 33.1 Å². The second kappa shape index (κ2) is 7.63. The third kappa shape index (κ3) is 5.07. The maximum Gasteiger partial charge on any atom is 0.277 e. The number of phenolic OH excluding ortho intramolecular Hbond substituents is 1. The third-order valence-corrected chi connectivity index (χ3v) is 3.23. The fraction of sp³-hybridized carbons (Fsp3) is 0.0667. The summed E-state index contributed by atoms with van der Waals surface area (Å²) in [6.07, 6.45) is 1.37. The zero-order chi connectivity index (χ0) is 15.1. The van der Waals surface area contributed by atoms with Crippen LogP contribution in [0.2, 0.25) is 0 Å². The van der Waals surface area contributed by atoms with Crippen molar-refractivity contribution in [1.82, 2.24) is 5.43 Å². The van der Waals surface area contributed by atoms with Crippen LogP contribution in [0.5, 0.6) is 11.5 Å². The molecule has 0 aliphatic rings. The molecule has 0 saturated carbocycles. The number of hydrazone groups is 1. The maximum absolute atomic E-state index is 11.5. The van der Waals surface area contributed by atoms with E-state index in [1.807, 2.05) is 12.1 Å². The molecule has 0 aromatic heterocycles. The second-order valence-electron chi connectivity index (χ2n) is 4.09. The molecule has 21 heavy (non-hydrogen) atoms. The molecule has 5 nitrogen and oxygen atoms in total. The quantitative estimate of drug-likeness (QED) is 0.464. The molecular formula is C15H13IN2O3. The minimum absolute atomic E-state index is 0.102. The molecule has 108 valence electrons. The van der Waals surface area contributed by atoms with Crippen molar-refractivity contribution in [2.24, 2.45) is 5.10 Å². The lowest BCUT2D eigenvalue weighted by molar-refractivity contribution is -0.123. The van der Waals surface area contributed by atoms with Gasteiger partial charge in [-0.15, -0.1) is 0 Å². The van der Waals surface area contributed by atoms with Gasteiger partial charge in [0.05, 0.1) is 6.21 Å². The van der Waals surface area contributed by atoms with Crippen molar-refractivity contribution in [2.75, 3.05) is 6.61 Å². The molecule has 0 saturated heterocycles. The Morgan fingerprint density at radius 3 is 2.67 bits per heavy atom. The minimum Gasteiger partial charge on any atom is -0.507 e. The SMILES string of the molecule is O=C(COc1ccc(I)cc1)NN=Cc1ccccc1O. The van der Waals surface area contributed by atoms with Crippen LogP contribution in [0.4, 0.5) is 0 Å². The number of nitrogens with zero attached hydrogens (tertiary/aromatic N) is 1. The van der Waals surface area contributed by atoms with Gasteiger partial charge < -0.3 is 9.84 Å². The summed E-state index contributed by atoms with van der Waals surface area (Å²) in [5.41, 5.74) is 2.86. The van der Waals surface area contributed by atoms with E-state index in [0.29, 0.717) is 11.3 Å². The average molecular weight is 396 g/mol. The van der Waals surface area contributed by atoms with E-state index in [4.69, 9.17) is 4.74 Å². The summed E-state index contributed by atoms with van der Waals surface area (Å²) in [7, 11) is 0. The summed E-state index contributed by atoms with van der Waals surface area (Å²) in [4.78, 5) is 11.5. The van der Waals surface area contributed by atoms with Crippen LogP contribution in [-0.2, 0) is 4.79 Å². The zero-order valence-electron chi connectivity index (χ0n) is 11.0. The first-order valence-electron chi connectivity index (χ1n) is 6.13. The van der Waals surface area contributed by atoms with Gasteiger partial charge in [0, 0.05) is 9.13 Å². The number of carbonyl (C=O) groups is 1. The lowest BCUT2D eigenvalue weighted by Gasteiger charge is -2.04. The number of hydrogen-bond acceptors (Lipinski definition) is 4. The Balaban J connectivity index is 1.80.